The molecule has 0 aliphatic carbocycles. The second-order valence-corrected chi connectivity index (χ2v) is 5.94. The molecule has 0 unspecified atom stereocenters. The van der Waals surface area contributed by atoms with Gasteiger partial charge in [-0.15, -0.1) is 0 Å². The Balaban J connectivity index is 1.81. The summed E-state index contributed by atoms with van der Waals surface area (Å²) in [4.78, 5) is 29.3. The number of halogens is 1. The fraction of sp³-hybridized carbons (Fsp3) is 0.0500. The highest BCUT2D eigenvalue weighted by molar-refractivity contribution is 6.06. The van der Waals surface area contributed by atoms with E-state index in [2.05, 4.69) is 25.3 Å². The van der Waals surface area contributed by atoms with Crippen molar-refractivity contribution in [2.75, 3.05) is 5.32 Å². The van der Waals surface area contributed by atoms with E-state index in [0.717, 1.165) is 28.3 Å². The first kappa shape index (κ1) is 16.7. The molecule has 0 radical (unpaired) electrons. The highest BCUT2D eigenvalue weighted by Crippen LogP contribution is 2.29. The lowest BCUT2D eigenvalue weighted by Crippen LogP contribution is -2.15. The number of anilines is 1. The molecule has 7 heteroatoms. The highest BCUT2D eigenvalue weighted by atomic mass is 19.1. The third-order valence-corrected chi connectivity index (χ3v) is 4.12. The van der Waals surface area contributed by atoms with Gasteiger partial charge in [0.05, 0.1) is 6.20 Å². The number of carbonyl (C=O) groups is 1. The maximum Gasteiger partial charge on any atom is 0.275 e. The Morgan fingerprint density at radius 1 is 1.04 bits per heavy atom. The zero-order valence-corrected chi connectivity index (χ0v) is 14.3. The van der Waals surface area contributed by atoms with Crippen LogP contribution in [-0.4, -0.2) is 25.8 Å². The fourth-order valence-corrected chi connectivity index (χ4v) is 2.77. The van der Waals surface area contributed by atoms with Crippen molar-refractivity contribution in [3.05, 3.63) is 78.3 Å². The van der Waals surface area contributed by atoms with Gasteiger partial charge in [0.1, 0.15) is 17.3 Å². The predicted octanol–water partition coefficient (Wildman–Crippen LogP) is 3.79. The molecular formula is C20H14FN5O. The quantitative estimate of drug-likeness (QED) is 0.602. The van der Waals surface area contributed by atoms with Crippen LogP contribution in [0, 0.1) is 12.7 Å². The van der Waals surface area contributed by atoms with Crippen molar-refractivity contribution in [3.8, 4) is 11.1 Å². The normalized spacial score (nSPS) is 10.7. The molecule has 0 aliphatic heterocycles. The molecule has 0 aromatic carbocycles. The van der Waals surface area contributed by atoms with Gasteiger partial charge in [0, 0.05) is 29.5 Å². The minimum absolute atomic E-state index is 0.186. The van der Waals surface area contributed by atoms with Crippen LogP contribution in [0.15, 0.2) is 61.2 Å². The van der Waals surface area contributed by atoms with E-state index < -0.39 is 11.7 Å². The zero-order chi connectivity index (χ0) is 18.8. The fourth-order valence-electron chi connectivity index (χ4n) is 2.77. The third kappa shape index (κ3) is 3.35. The van der Waals surface area contributed by atoms with E-state index in [0.29, 0.717) is 5.65 Å². The number of nitrogens with zero attached hydrogens (tertiary/aromatic N) is 4. The minimum atomic E-state index is -0.477. The summed E-state index contributed by atoms with van der Waals surface area (Å²) in [5.41, 5.74) is 3.37. The van der Waals surface area contributed by atoms with E-state index in [9.17, 15) is 9.18 Å². The van der Waals surface area contributed by atoms with Crippen LogP contribution in [0.5, 0.6) is 0 Å². The topological polar surface area (TPSA) is 80.7 Å². The van der Waals surface area contributed by atoms with Crippen molar-refractivity contribution in [1.82, 2.24) is 19.9 Å². The highest BCUT2D eigenvalue weighted by Gasteiger charge is 2.15. The van der Waals surface area contributed by atoms with Crippen LogP contribution < -0.4 is 5.32 Å². The molecule has 132 valence electrons. The second-order valence-electron chi connectivity index (χ2n) is 5.94. The van der Waals surface area contributed by atoms with Gasteiger partial charge < -0.3 is 5.32 Å². The van der Waals surface area contributed by atoms with Crippen molar-refractivity contribution >= 4 is 22.8 Å². The molecule has 1 amide bonds. The summed E-state index contributed by atoms with van der Waals surface area (Å²) in [7, 11) is 0. The number of rotatable bonds is 3. The Hall–Kier alpha value is -3.74. The van der Waals surface area contributed by atoms with Crippen molar-refractivity contribution < 1.29 is 9.18 Å². The number of nitrogens with one attached hydrogen (secondary N) is 1. The molecule has 4 rings (SSSR count). The molecule has 0 spiro atoms. The number of fused-ring (bicyclic) bond motifs is 1. The zero-order valence-electron chi connectivity index (χ0n) is 14.3. The van der Waals surface area contributed by atoms with E-state index in [1.54, 1.807) is 24.7 Å². The van der Waals surface area contributed by atoms with Crippen LogP contribution in [0.2, 0.25) is 0 Å². The van der Waals surface area contributed by atoms with Crippen LogP contribution in [0.4, 0.5) is 10.2 Å². The molecule has 27 heavy (non-hydrogen) atoms. The number of aryl methyl sites for hydroxylation is 1. The summed E-state index contributed by atoms with van der Waals surface area (Å²) < 4.78 is 13.0. The van der Waals surface area contributed by atoms with Gasteiger partial charge in [-0.1, -0.05) is 0 Å². The molecule has 0 bridgehead atoms. The van der Waals surface area contributed by atoms with Crippen molar-refractivity contribution in [2.45, 2.75) is 6.92 Å². The summed E-state index contributed by atoms with van der Waals surface area (Å²) in [6, 6.07) is 9.94. The SMILES string of the molecule is Cc1ccncc1-c1cc(C(=O)Nc2ccc(F)cn2)nc2ncccc12. The minimum Gasteiger partial charge on any atom is -0.305 e. The monoisotopic (exact) mass is 359 g/mol. The van der Waals surface area contributed by atoms with Crippen molar-refractivity contribution in [2.24, 2.45) is 0 Å². The first-order valence-corrected chi connectivity index (χ1v) is 8.21. The van der Waals surface area contributed by atoms with Gasteiger partial charge in [-0.25, -0.2) is 19.3 Å². The molecule has 6 nitrogen and oxygen atoms in total. The maximum atomic E-state index is 13.0. The van der Waals surface area contributed by atoms with Gasteiger partial charge in [-0.05, 0) is 54.4 Å². The maximum absolute atomic E-state index is 13.0. The molecule has 0 saturated heterocycles. The van der Waals surface area contributed by atoms with E-state index in [-0.39, 0.29) is 11.5 Å². The summed E-state index contributed by atoms with van der Waals surface area (Å²) in [5, 5.41) is 3.44. The molecule has 1 N–H and O–H groups in total. The average Bonchev–Trinajstić information content (AvgIpc) is 2.69. The van der Waals surface area contributed by atoms with Gasteiger partial charge in [0.15, 0.2) is 5.65 Å². The van der Waals surface area contributed by atoms with Crippen LogP contribution in [0.1, 0.15) is 16.1 Å². The van der Waals surface area contributed by atoms with Crippen LogP contribution in [-0.2, 0) is 0 Å². The van der Waals surface area contributed by atoms with E-state index in [4.69, 9.17) is 0 Å². The van der Waals surface area contributed by atoms with Gasteiger partial charge in [-0.2, -0.15) is 0 Å². The molecular weight excluding hydrogens is 345 g/mol. The lowest BCUT2D eigenvalue weighted by molar-refractivity contribution is 0.102. The Morgan fingerprint density at radius 2 is 1.93 bits per heavy atom. The van der Waals surface area contributed by atoms with E-state index in [1.165, 1.54) is 12.1 Å². The molecule has 4 aromatic rings. The van der Waals surface area contributed by atoms with Crippen molar-refractivity contribution in [1.29, 1.82) is 0 Å². The molecule has 4 heterocycles. The number of hydrogen-bond donors (Lipinski definition) is 1. The smallest absolute Gasteiger partial charge is 0.275 e. The van der Waals surface area contributed by atoms with Gasteiger partial charge in [0.25, 0.3) is 5.91 Å². The Bertz CT molecular complexity index is 1140. The van der Waals surface area contributed by atoms with Crippen LogP contribution in [0.3, 0.4) is 0 Å². The molecule has 0 atom stereocenters. The number of pyridine rings is 4. The number of carbonyl (C=O) groups excluding carboxylic acids is 1. The van der Waals surface area contributed by atoms with Crippen LogP contribution in [0.25, 0.3) is 22.2 Å². The summed E-state index contributed by atoms with van der Waals surface area (Å²) in [6.45, 7) is 1.97. The first-order chi connectivity index (χ1) is 13.1. The van der Waals surface area contributed by atoms with Gasteiger partial charge in [0.2, 0.25) is 0 Å². The second kappa shape index (κ2) is 6.87. The molecule has 4 aromatic heterocycles. The average molecular weight is 359 g/mol. The molecule has 0 fully saturated rings. The van der Waals surface area contributed by atoms with E-state index in [1.807, 2.05) is 25.1 Å². The standard InChI is InChI=1S/C20H14FN5O/c1-12-6-8-22-11-16(12)15-9-17(25-19-14(15)3-2-7-23-19)20(27)26-18-5-4-13(21)10-24-18/h2-11H,1H3,(H,24,26,27). The van der Waals surface area contributed by atoms with Crippen molar-refractivity contribution in [3.63, 3.8) is 0 Å². The Kier molecular flexibility index (Phi) is 4.25. The Morgan fingerprint density at radius 3 is 2.70 bits per heavy atom. The largest absolute Gasteiger partial charge is 0.305 e. The molecule has 0 saturated carbocycles. The number of aromatic nitrogens is 4. The molecule has 0 aliphatic rings. The van der Waals surface area contributed by atoms with Crippen LogP contribution >= 0.6 is 0 Å². The first-order valence-electron chi connectivity index (χ1n) is 8.21. The predicted molar refractivity (Wildman–Crippen MR) is 99.7 cm³/mol. The lowest BCUT2D eigenvalue weighted by atomic mass is 9.99. The summed E-state index contributed by atoms with van der Waals surface area (Å²) >= 11 is 0. The Labute approximate surface area is 154 Å². The number of amides is 1. The third-order valence-electron chi connectivity index (χ3n) is 4.12. The number of hydrogen-bond acceptors (Lipinski definition) is 5. The summed E-state index contributed by atoms with van der Waals surface area (Å²) in [6.07, 6.45) is 6.13. The van der Waals surface area contributed by atoms with E-state index >= 15 is 0 Å². The van der Waals surface area contributed by atoms with Gasteiger partial charge >= 0.3 is 0 Å². The summed E-state index contributed by atoms with van der Waals surface area (Å²) in [5.74, 6) is -0.691. The lowest BCUT2D eigenvalue weighted by Gasteiger charge is -2.11. The van der Waals surface area contributed by atoms with Gasteiger partial charge in [-0.3, -0.25) is 9.78 Å².